The van der Waals surface area contributed by atoms with E-state index in [9.17, 15) is 4.79 Å². The minimum atomic E-state index is -1.40. The Balaban J connectivity index is 1.68. The molecule has 0 fully saturated rings. The van der Waals surface area contributed by atoms with Gasteiger partial charge in [-0.15, -0.1) is 0 Å². The van der Waals surface area contributed by atoms with Crippen molar-refractivity contribution in [2.24, 2.45) is 7.05 Å². The second-order valence-electron chi connectivity index (χ2n) is 10.9. The molecular weight excluding hydrogens is 556 g/mol. The third-order valence-corrected chi connectivity index (χ3v) is 8.99. The first-order chi connectivity index (χ1) is 21.4. The van der Waals surface area contributed by atoms with E-state index in [0.29, 0.717) is 45.6 Å². The van der Waals surface area contributed by atoms with Crippen molar-refractivity contribution in [2.75, 3.05) is 28.4 Å². The number of hydrogen-bond acceptors (Lipinski definition) is 7. The molecule has 0 saturated carbocycles. The Hall–Kier alpha value is -5.08. The molecule has 2 aliphatic rings. The van der Waals surface area contributed by atoms with Crippen LogP contribution in [0.25, 0.3) is 11.4 Å². The normalized spacial score (nSPS) is 21.2. The van der Waals surface area contributed by atoms with E-state index in [-0.39, 0.29) is 5.56 Å². The largest absolute Gasteiger partial charge is 0.497 e. The Morgan fingerprint density at radius 2 is 1.45 bits per heavy atom. The monoisotopic (exact) mass is 588 g/mol. The minimum Gasteiger partial charge on any atom is -0.497 e. The fourth-order valence-corrected chi connectivity index (χ4v) is 7.12. The number of fused-ring (bicyclic) bond motifs is 5. The molecule has 0 radical (unpaired) electrons. The number of ether oxygens (including phenoxy) is 5. The van der Waals surface area contributed by atoms with Crippen molar-refractivity contribution in [3.63, 3.8) is 0 Å². The van der Waals surface area contributed by atoms with Crippen LogP contribution in [0.1, 0.15) is 33.9 Å². The van der Waals surface area contributed by atoms with Crippen molar-refractivity contribution >= 4 is 0 Å². The molecule has 0 saturated heterocycles. The van der Waals surface area contributed by atoms with Crippen LogP contribution in [0.2, 0.25) is 0 Å². The van der Waals surface area contributed by atoms with Crippen molar-refractivity contribution in [1.29, 1.82) is 0 Å². The maximum Gasteiger partial charge on any atom is 0.257 e. The first kappa shape index (κ1) is 27.7. The molecule has 222 valence electrons. The molecule has 2 heterocycles. The van der Waals surface area contributed by atoms with Gasteiger partial charge in [0, 0.05) is 37.4 Å². The summed E-state index contributed by atoms with van der Waals surface area (Å²) in [5.74, 6) is 2.18. The zero-order valence-electron chi connectivity index (χ0n) is 25.2. The highest BCUT2D eigenvalue weighted by Gasteiger charge is 2.75. The summed E-state index contributed by atoms with van der Waals surface area (Å²) in [6.45, 7) is 0. The Morgan fingerprint density at radius 1 is 0.795 bits per heavy atom. The molecule has 4 aromatic carbocycles. The van der Waals surface area contributed by atoms with Crippen molar-refractivity contribution in [3.05, 3.63) is 135 Å². The van der Waals surface area contributed by atoms with Gasteiger partial charge < -0.3 is 23.7 Å². The molecule has 0 N–H and O–H groups in total. The highest BCUT2D eigenvalue weighted by molar-refractivity contribution is 5.70. The zero-order chi connectivity index (χ0) is 30.6. The molecule has 8 nitrogen and oxygen atoms in total. The molecule has 44 heavy (non-hydrogen) atoms. The molecule has 0 bridgehead atoms. The van der Waals surface area contributed by atoms with Gasteiger partial charge in [-0.05, 0) is 17.7 Å². The lowest BCUT2D eigenvalue weighted by Gasteiger charge is -2.42. The topological polar surface area (TPSA) is 81.0 Å². The summed E-state index contributed by atoms with van der Waals surface area (Å²) < 4.78 is 32.8. The molecule has 0 spiro atoms. The second kappa shape index (κ2) is 10.3. The first-order valence-electron chi connectivity index (χ1n) is 14.3. The summed E-state index contributed by atoms with van der Waals surface area (Å²) in [5.41, 5.74) is 1.20. The van der Waals surface area contributed by atoms with Gasteiger partial charge in [-0.1, -0.05) is 72.8 Å². The standard InChI is InChI=1S/C36H32N2O6/c1-38-33(23-14-10-7-11-15-23)37-32-29(34(38)39)30(22-12-8-6-9-13-22)35(24-16-18-25(40-2)19-17-24)36(32,43-5)31-27(42-4)20-26(41-3)21-28(31)44-35/h6-21,30H,1-5H3/t30-,35+,36+/m1/s1. The molecule has 5 aromatic rings. The molecule has 0 unspecified atom stereocenters. The van der Waals surface area contributed by atoms with Crippen molar-refractivity contribution < 1.29 is 23.7 Å². The average molecular weight is 589 g/mol. The van der Waals surface area contributed by atoms with E-state index in [2.05, 4.69) is 0 Å². The van der Waals surface area contributed by atoms with Gasteiger partial charge in [-0.3, -0.25) is 9.36 Å². The number of rotatable bonds is 7. The van der Waals surface area contributed by atoms with Gasteiger partial charge in [0.1, 0.15) is 28.8 Å². The van der Waals surface area contributed by atoms with Crippen LogP contribution in [-0.4, -0.2) is 38.0 Å². The molecule has 1 aromatic heterocycles. The predicted octanol–water partition coefficient (Wildman–Crippen LogP) is 5.80. The second-order valence-corrected chi connectivity index (χ2v) is 10.9. The maximum atomic E-state index is 14.7. The Bertz CT molecular complexity index is 1920. The van der Waals surface area contributed by atoms with Gasteiger partial charge in [-0.2, -0.15) is 0 Å². The molecule has 8 heteroatoms. The van der Waals surface area contributed by atoms with Crippen LogP contribution in [0.15, 0.2) is 102 Å². The number of methoxy groups -OCH3 is 4. The van der Waals surface area contributed by atoms with Crippen LogP contribution in [0.5, 0.6) is 23.0 Å². The van der Waals surface area contributed by atoms with Crippen LogP contribution < -0.4 is 24.5 Å². The average Bonchev–Trinajstić information content (AvgIpc) is 3.51. The fourth-order valence-electron chi connectivity index (χ4n) is 7.12. The molecular formula is C36H32N2O6. The SMILES string of the molecule is COc1ccc([C@@]23Oc4cc(OC)cc(OC)c4[C@]2(OC)c2nc(-c4ccccc4)n(C)c(=O)c2[C@H]3c2ccccc2)cc1. The number of benzene rings is 4. The summed E-state index contributed by atoms with van der Waals surface area (Å²) in [6.07, 6.45) is 0. The van der Waals surface area contributed by atoms with E-state index in [4.69, 9.17) is 28.7 Å². The zero-order valence-corrected chi connectivity index (χ0v) is 25.2. The summed E-state index contributed by atoms with van der Waals surface area (Å²) in [7, 11) is 8.22. The van der Waals surface area contributed by atoms with Crippen LogP contribution in [0, 0.1) is 0 Å². The predicted molar refractivity (Wildman–Crippen MR) is 166 cm³/mol. The molecule has 7 rings (SSSR count). The number of aromatic nitrogens is 2. The van der Waals surface area contributed by atoms with Gasteiger partial charge >= 0.3 is 0 Å². The van der Waals surface area contributed by atoms with Crippen LogP contribution in [0.3, 0.4) is 0 Å². The lowest BCUT2D eigenvalue weighted by Crippen LogP contribution is -2.50. The quantitative estimate of drug-likeness (QED) is 0.238. The Morgan fingerprint density at radius 3 is 2.07 bits per heavy atom. The van der Waals surface area contributed by atoms with E-state index in [1.54, 1.807) is 40.1 Å². The summed E-state index contributed by atoms with van der Waals surface area (Å²) >= 11 is 0. The first-order valence-corrected chi connectivity index (χ1v) is 14.3. The van der Waals surface area contributed by atoms with E-state index in [1.807, 2.05) is 97.1 Å². The van der Waals surface area contributed by atoms with E-state index in [1.165, 1.54) is 0 Å². The smallest absolute Gasteiger partial charge is 0.257 e. The van der Waals surface area contributed by atoms with E-state index in [0.717, 1.165) is 16.7 Å². The molecule has 3 atom stereocenters. The van der Waals surface area contributed by atoms with Gasteiger partial charge in [0.2, 0.25) is 0 Å². The van der Waals surface area contributed by atoms with Crippen LogP contribution in [-0.2, 0) is 23.0 Å². The molecule has 1 aliphatic carbocycles. The van der Waals surface area contributed by atoms with E-state index >= 15 is 0 Å². The van der Waals surface area contributed by atoms with Crippen molar-refractivity contribution in [1.82, 2.24) is 9.55 Å². The van der Waals surface area contributed by atoms with Crippen LogP contribution in [0.4, 0.5) is 0 Å². The lowest BCUT2D eigenvalue weighted by molar-refractivity contribution is -0.115. The molecule has 1 aliphatic heterocycles. The van der Waals surface area contributed by atoms with Gasteiger partial charge in [0.05, 0.1) is 44.1 Å². The summed E-state index contributed by atoms with van der Waals surface area (Å²) in [5, 5.41) is 0. The third kappa shape index (κ3) is 3.55. The highest BCUT2D eigenvalue weighted by Crippen LogP contribution is 2.71. The van der Waals surface area contributed by atoms with Crippen molar-refractivity contribution in [2.45, 2.75) is 17.1 Å². The molecule has 0 amide bonds. The van der Waals surface area contributed by atoms with Crippen molar-refractivity contribution in [3.8, 4) is 34.4 Å². The van der Waals surface area contributed by atoms with Gasteiger partial charge in [0.15, 0.2) is 11.2 Å². The Kier molecular flexibility index (Phi) is 6.48. The maximum absolute atomic E-state index is 14.7. The van der Waals surface area contributed by atoms with Gasteiger partial charge in [-0.25, -0.2) is 4.98 Å². The number of hydrogen-bond donors (Lipinski definition) is 0. The third-order valence-electron chi connectivity index (χ3n) is 8.99. The minimum absolute atomic E-state index is 0.181. The number of nitrogens with zero attached hydrogens (tertiary/aromatic N) is 2. The summed E-state index contributed by atoms with van der Waals surface area (Å²) in [4.78, 5) is 20.0. The lowest BCUT2D eigenvalue weighted by atomic mass is 9.70. The Labute approximate surface area is 255 Å². The van der Waals surface area contributed by atoms with Gasteiger partial charge in [0.25, 0.3) is 5.56 Å². The van der Waals surface area contributed by atoms with E-state index < -0.39 is 17.1 Å². The fraction of sp³-hybridized carbons (Fsp3) is 0.222. The highest BCUT2D eigenvalue weighted by atomic mass is 16.6. The summed E-state index contributed by atoms with van der Waals surface area (Å²) in [6, 6.07) is 30.9. The van der Waals surface area contributed by atoms with Crippen LogP contribution >= 0.6 is 0 Å².